The third-order valence-corrected chi connectivity index (χ3v) is 7.86. The minimum absolute atomic E-state index is 0.187. The zero-order chi connectivity index (χ0) is 24.8. The number of β-amino-alcohol motifs (C(OH)–C–C–N with tert-alkyl or cyclic N) is 1. The molecular formula is C29H41N3O3. The highest BCUT2D eigenvalue weighted by Crippen LogP contribution is 2.34. The van der Waals surface area contributed by atoms with Gasteiger partial charge in [0.1, 0.15) is 6.61 Å². The number of piperidine rings is 2. The van der Waals surface area contributed by atoms with Crippen molar-refractivity contribution in [3.63, 3.8) is 0 Å². The summed E-state index contributed by atoms with van der Waals surface area (Å²) in [4.78, 5) is 20.1. The highest BCUT2D eigenvalue weighted by atomic mass is 16.6. The molecule has 2 aromatic rings. The van der Waals surface area contributed by atoms with Crippen LogP contribution in [0.1, 0.15) is 56.6 Å². The summed E-state index contributed by atoms with van der Waals surface area (Å²) in [5.74, 6) is 0.812. The number of aromatic amines is 1. The summed E-state index contributed by atoms with van der Waals surface area (Å²) in [5, 5.41) is 12.2. The fourth-order valence-electron chi connectivity index (χ4n) is 5.64. The molecular weight excluding hydrogens is 438 g/mol. The number of nitrogens with zero attached hydrogens (tertiary/aromatic N) is 2. The second-order valence-corrected chi connectivity index (χ2v) is 10.1. The Balaban J connectivity index is 1.20. The van der Waals surface area contributed by atoms with Gasteiger partial charge in [-0.15, -0.1) is 0 Å². The number of aliphatic hydroxyl groups is 1. The Morgan fingerprint density at radius 3 is 2.71 bits per heavy atom. The number of benzene rings is 1. The number of aliphatic hydroxyl groups excluding tert-OH is 1. The average Bonchev–Trinajstić information content (AvgIpc) is 3.30. The van der Waals surface area contributed by atoms with E-state index in [-0.39, 0.29) is 18.1 Å². The summed E-state index contributed by atoms with van der Waals surface area (Å²) in [5.41, 5.74) is 4.70. The van der Waals surface area contributed by atoms with E-state index in [9.17, 15) is 9.90 Å². The summed E-state index contributed by atoms with van der Waals surface area (Å²) in [6, 6.07) is 6.39. The maximum Gasteiger partial charge on any atom is 0.410 e. The molecule has 2 aliphatic rings. The predicted octanol–water partition coefficient (Wildman–Crippen LogP) is 5.39. The lowest BCUT2D eigenvalue weighted by Gasteiger charge is -2.37. The molecule has 35 heavy (non-hydrogen) atoms. The van der Waals surface area contributed by atoms with Gasteiger partial charge in [0.25, 0.3) is 0 Å². The first-order valence-corrected chi connectivity index (χ1v) is 13.2. The van der Waals surface area contributed by atoms with E-state index in [4.69, 9.17) is 4.74 Å². The number of aromatic nitrogens is 1. The molecule has 0 radical (unpaired) electrons. The molecule has 0 bridgehead atoms. The summed E-state index contributed by atoms with van der Waals surface area (Å²) in [7, 11) is 0. The number of hydrogen-bond donors (Lipinski definition) is 2. The third kappa shape index (κ3) is 6.17. The normalized spacial score (nSPS) is 22.9. The number of fused-ring (bicyclic) bond motifs is 1. The third-order valence-electron chi connectivity index (χ3n) is 7.86. The number of likely N-dealkylation sites (tertiary alicyclic amines) is 2. The van der Waals surface area contributed by atoms with Gasteiger partial charge < -0.3 is 24.6 Å². The minimum atomic E-state index is -0.343. The number of para-hydroxylation sites is 1. The van der Waals surface area contributed by atoms with Crippen LogP contribution < -0.4 is 0 Å². The molecule has 0 saturated carbocycles. The Bertz CT molecular complexity index is 1050. The number of hydrogen-bond acceptors (Lipinski definition) is 4. The van der Waals surface area contributed by atoms with Gasteiger partial charge in [0.15, 0.2) is 0 Å². The van der Waals surface area contributed by atoms with Gasteiger partial charge in [0, 0.05) is 42.7 Å². The van der Waals surface area contributed by atoms with E-state index in [1.54, 1.807) is 0 Å². The maximum atomic E-state index is 12.4. The quantitative estimate of drug-likeness (QED) is 0.523. The first kappa shape index (κ1) is 25.5. The van der Waals surface area contributed by atoms with Crippen LogP contribution in [0.25, 0.3) is 10.9 Å². The van der Waals surface area contributed by atoms with Gasteiger partial charge in [0.05, 0.1) is 6.10 Å². The van der Waals surface area contributed by atoms with Gasteiger partial charge in [-0.1, -0.05) is 36.4 Å². The summed E-state index contributed by atoms with van der Waals surface area (Å²) >= 11 is 0. The molecule has 0 aliphatic carbocycles. The van der Waals surface area contributed by atoms with Crippen molar-refractivity contribution in [3.05, 3.63) is 59.3 Å². The van der Waals surface area contributed by atoms with Crippen molar-refractivity contribution in [1.29, 1.82) is 0 Å². The number of aryl methyl sites for hydroxylation is 1. The topological polar surface area (TPSA) is 68.8 Å². The molecule has 0 spiro atoms. The summed E-state index contributed by atoms with van der Waals surface area (Å²) in [6.07, 6.45) is 11.6. The van der Waals surface area contributed by atoms with Crippen LogP contribution in [0.5, 0.6) is 0 Å². The van der Waals surface area contributed by atoms with Crippen LogP contribution in [0.2, 0.25) is 0 Å². The highest BCUT2D eigenvalue weighted by Gasteiger charge is 2.31. The van der Waals surface area contributed by atoms with Crippen LogP contribution in [0.3, 0.4) is 0 Å². The van der Waals surface area contributed by atoms with E-state index >= 15 is 0 Å². The van der Waals surface area contributed by atoms with Crippen LogP contribution in [-0.4, -0.2) is 71.4 Å². The smallest absolute Gasteiger partial charge is 0.410 e. The van der Waals surface area contributed by atoms with Crippen molar-refractivity contribution in [2.75, 3.05) is 39.3 Å². The van der Waals surface area contributed by atoms with E-state index in [0.717, 1.165) is 64.0 Å². The Morgan fingerprint density at radius 1 is 1.20 bits per heavy atom. The van der Waals surface area contributed by atoms with Crippen molar-refractivity contribution >= 4 is 17.0 Å². The fourth-order valence-corrected chi connectivity index (χ4v) is 5.64. The molecule has 1 aromatic heterocycles. The van der Waals surface area contributed by atoms with Crippen molar-refractivity contribution < 1.29 is 14.6 Å². The van der Waals surface area contributed by atoms with Crippen LogP contribution >= 0.6 is 0 Å². The lowest BCUT2D eigenvalue weighted by atomic mass is 9.86. The van der Waals surface area contributed by atoms with Gasteiger partial charge in [0.2, 0.25) is 0 Å². The monoisotopic (exact) mass is 479 g/mol. The van der Waals surface area contributed by atoms with Crippen LogP contribution in [-0.2, 0) is 4.74 Å². The minimum Gasteiger partial charge on any atom is -0.445 e. The van der Waals surface area contributed by atoms with Crippen molar-refractivity contribution in [2.45, 2.75) is 58.5 Å². The van der Waals surface area contributed by atoms with Crippen LogP contribution in [0.4, 0.5) is 4.79 Å². The first-order chi connectivity index (χ1) is 17.0. The van der Waals surface area contributed by atoms with E-state index in [1.807, 2.05) is 37.0 Å². The molecule has 1 aromatic carbocycles. The van der Waals surface area contributed by atoms with E-state index in [2.05, 4.69) is 41.2 Å². The van der Waals surface area contributed by atoms with Gasteiger partial charge in [-0.2, -0.15) is 0 Å². The molecule has 2 aliphatic heterocycles. The van der Waals surface area contributed by atoms with Gasteiger partial charge in [-0.25, -0.2) is 4.79 Å². The molecule has 2 N–H and O–H groups in total. The number of carbonyl (C=O) groups excluding carboxylic acids is 1. The van der Waals surface area contributed by atoms with Crippen molar-refractivity contribution in [2.24, 2.45) is 5.92 Å². The molecule has 3 heterocycles. The largest absolute Gasteiger partial charge is 0.445 e. The van der Waals surface area contributed by atoms with Crippen molar-refractivity contribution in [1.82, 2.24) is 14.8 Å². The lowest BCUT2D eigenvalue weighted by Crippen LogP contribution is -2.44. The van der Waals surface area contributed by atoms with Crippen molar-refractivity contribution in [3.8, 4) is 0 Å². The highest BCUT2D eigenvalue weighted by molar-refractivity contribution is 5.86. The first-order valence-electron chi connectivity index (χ1n) is 13.2. The average molecular weight is 480 g/mol. The number of allylic oxidation sites excluding steroid dienone is 2. The Kier molecular flexibility index (Phi) is 8.69. The zero-order valence-electron chi connectivity index (χ0n) is 21.5. The second-order valence-electron chi connectivity index (χ2n) is 10.1. The second kappa shape index (κ2) is 11.9. The molecule has 6 heteroatoms. The van der Waals surface area contributed by atoms with Gasteiger partial charge >= 0.3 is 6.09 Å². The number of carbonyl (C=O) groups is 1. The molecule has 2 unspecified atom stereocenters. The SMILES string of the molecule is CC=CC(=CC)COC(=O)N1CCC(CCN2CCC(c3c[nH]c4c(C)cccc34)C(O)C2)CC1. The number of nitrogens with one attached hydrogen (secondary N) is 1. The zero-order valence-corrected chi connectivity index (χ0v) is 21.5. The van der Waals surface area contributed by atoms with E-state index in [0.29, 0.717) is 12.5 Å². The Labute approximate surface area is 209 Å². The summed E-state index contributed by atoms with van der Waals surface area (Å²) in [6.45, 7) is 10.7. The molecule has 2 saturated heterocycles. The Morgan fingerprint density at radius 2 is 2.00 bits per heavy atom. The number of ether oxygens (including phenoxy) is 1. The molecule has 6 nitrogen and oxygen atoms in total. The maximum absolute atomic E-state index is 12.4. The molecule has 1 amide bonds. The van der Waals surface area contributed by atoms with Crippen LogP contribution in [0, 0.1) is 12.8 Å². The molecule has 2 atom stereocenters. The lowest BCUT2D eigenvalue weighted by molar-refractivity contribution is 0.0462. The van der Waals surface area contributed by atoms with Gasteiger partial charge in [-0.3, -0.25) is 0 Å². The summed E-state index contributed by atoms with van der Waals surface area (Å²) < 4.78 is 5.49. The van der Waals surface area contributed by atoms with Crippen LogP contribution in [0.15, 0.2) is 48.2 Å². The number of H-pyrrole nitrogens is 1. The Hall–Kier alpha value is -2.57. The standard InChI is InChI=1S/C29H41N3O3/c1-4-7-22(5-2)20-35-29(34)32-16-11-23(12-17-32)10-14-31-15-13-24(27(33)19-31)26-18-30-28-21(3)8-6-9-25(26)28/h4-9,18,23-24,27,30,33H,10-17,19-20H2,1-3H3. The molecule has 190 valence electrons. The van der Waals surface area contributed by atoms with E-state index in [1.165, 1.54) is 22.0 Å². The predicted molar refractivity (Wildman–Crippen MR) is 142 cm³/mol. The van der Waals surface area contributed by atoms with Gasteiger partial charge in [-0.05, 0) is 82.2 Å². The fraction of sp³-hybridized carbons (Fsp3) is 0.552. The molecule has 4 rings (SSSR count). The van der Waals surface area contributed by atoms with E-state index < -0.39 is 0 Å². The molecule has 2 fully saturated rings. The number of amides is 1. The number of rotatable bonds is 7.